The van der Waals surface area contributed by atoms with Gasteiger partial charge in [-0.05, 0) is 60.2 Å². The van der Waals surface area contributed by atoms with E-state index >= 15 is 0 Å². The highest BCUT2D eigenvalue weighted by Crippen LogP contribution is 2.39. The fourth-order valence-electron chi connectivity index (χ4n) is 3.21. The SMILES string of the molecule is CC(C=CC=C(C)c1cc(-c2ccccc2F)cc(C(C)C)c1OCC(F)F)=CC(=O)O. The van der Waals surface area contributed by atoms with Crippen molar-refractivity contribution in [2.75, 3.05) is 6.61 Å². The number of halogens is 3. The minimum Gasteiger partial charge on any atom is -0.487 e. The summed E-state index contributed by atoms with van der Waals surface area (Å²) < 4.78 is 45.8. The number of benzene rings is 2. The first-order valence-corrected chi connectivity index (χ1v) is 10.2. The van der Waals surface area contributed by atoms with Gasteiger partial charge in [-0.2, -0.15) is 0 Å². The smallest absolute Gasteiger partial charge is 0.328 e. The van der Waals surface area contributed by atoms with Gasteiger partial charge in [-0.3, -0.25) is 0 Å². The van der Waals surface area contributed by atoms with Gasteiger partial charge in [0.2, 0.25) is 0 Å². The molecule has 170 valence electrons. The minimum absolute atomic E-state index is 0.0581. The van der Waals surface area contributed by atoms with Crippen LogP contribution in [0.4, 0.5) is 13.2 Å². The molecule has 3 nitrogen and oxygen atoms in total. The van der Waals surface area contributed by atoms with Gasteiger partial charge < -0.3 is 9.84 Å². The van der Waals surface area contributed by atoms with Crippen molar-refractivity contribution in [1.29, 1.82) is 0 Å². The molecule has 0 spiro atoms. The maximum atomic E-state index is 14.5. The molecule has 6 heteroatoms. The molecule has 0 heterocycles. The van der Waals surface area contributed by atoms with Crippen LogP contribution in [0, 0.1) is 5.82 Å². The molecule has 0 saturated carbocycles. The van der Waals surface area contributed by atoms with E-state index in [1.165, 1.54) is 6.07 Å². The van der Waals surface area contributed by atoms with E-state index in [4.69, 9.17) is 9.84 Å². The number of hydrogen-bond donors (Lipinski definition) is 1. The molecule has 1 N–H and O–H groups in total. The van der Waals surface area contributed by atoms with E-state index in [1.54, 1.807) is 62.4 Å². The van der Waals surface area contributed by atoms with Crippen LogP contribution in [0.3, 0.4) is 0 Å². The van der Waals surface area contributed by atoms with Gasteiger partial charge in [-0.25, -0.2) is 18.0 Å². The standard InChI is InChI=1S/C26H27F3O3/c1-16(2)21-13-19(20-10-5-6-11-23(20)27)14-22(26(21)32-15-24(28)29)18(4)9-7-8-17(3)12-25(30)31/h5-14,16,24H,15H2,1-4H3,(H,30,31). The van der Waals surface area contributed by atoms with E-state index in [0.717, 1.165) is 6.08 Å². The molecule has 0 aliphatic rings. The molecule has 2 aromatic rings. The normalized spacial score (nSPS) is 12.8. The van der Waals surface area contributed by atoms with Crippen molar-refractivity contribution in [3.63, 3.8) is 0 Å². The maximum Gasteiger partial charge on any atom is 0.328 e. The molecule has 2 aromatic carbocycles. The molecular weight excluding hydrogens is 417 g/mol. The van der Waals surface area contributed by atoms with Crippen LogP contribution in [0.1, 0.15) is 44.7 Å². The highest BCUT2D eigenvalue weighted by molar-refractivity contribution is 5.81. The van der Waals surface area contributed by atoms with Crippen molar-refractivity contribution >= 4 is 11.5 Å². The van der Waals surface area contributed by atoms with E-state index in [9.17, 15) is 18.0 Å². The Morgan fingerprint density at radius 3 is 2.44 bits per heavy atom. The van der Waals surface area contributed by atoms with Gasteiger partial charge >= 0.3 is 5.97 Å². The van der Waals surface area contributed by atoms with Crippen LogP contribution in [0.2, 0.25) is 0 Å². The van der Waals surface area contributed by atoms with Gasteiger partial charge in [0.05, 0.1) is 0 Å². The number of ether oxygens (including phenoxy) is 1. The van der Waals surface area contributed by atoms with E-state index in [-0.39, 0.29) is 11.7 Å². The predicted octanol–water partition coefficient (Wildman–Crippen LogP) is 7.25. The summed E-state index contributed by atoms with van der Waals surface area (Å²) >= 11 is 0. The molecule has 0 bridgehead atoms. The predicted molar refractivity (Wildman–Crippen MR) is 122 cm³/mol. The van der Waals surface area contributed by atoms with Crippen LogP contribution in [-0.4, -0.2) is 24.1 Å². The highest BCUT2D eigenvalue weighted by atomic mass is 19.3. The number of hydrogen-bond acceptors (Lipinski definition) is 2. The fraction of sp³-hybridized carbons (Fsp3) is 0.269. The Morgan fingerprint density at radius 2 is 1.84 bits per heavy atom. The molecular formula is C26H27F3O3. The monoisotopic (exact) mass is 444 g/mol. The van der Waals surface area contributed by atoms with Gasteiger partial charge in [0.25, 0.3) is 6.43 Å². The average Bonchev–Trinajstić information content (AvgIpc) is 2.71. The molecule has 0 aliphatic heterocycles. The summed E-state index contributed by atoms with van der Waals surface area (Å²) in [7, 11) is 0. The van der Waals surface area contributed by atoms with Crippen LogP contribution in [0.15, 0.2) is 66.3 Å². The Hall–Kier alpha value is -3.28. The lowest BCUT2D eigenvalue weighted by molar-refractivity contribution is -0.131. The first-order valence-electron chi connectivity index (χ1n) is 10.2. The first-order chi connectivity index (χ1) is 15.1. The molecule has 0 atom stereocenters. The second kappa shape index (κ2) is 11.4. The molecule has 0 unspecified atom stereocenters. The molecule has 0 radical (unpaired) electrons. The third-order valence-corrected chi connectivity index (χ3v) is 4.76. The summed E-state index contributed by atoms with van der Waals surface area (Å²) in [4.78, 5) is 10.8. The molecule has 0 fully saturated rings. The van der Waals surface area contributed by atoms with E-state index in [0.29, 0.717) is 39.1 Å². The number of aliphatic carboxylic acids is 1. The average molecular weight is 444 g/mol. The molecule has 2 rings (SSSR count). The second-order valence-electron chi connectivity index (χ2n) is 7.71. The van der Waals surface area contributed by atoms with Crippen molar-refractivity contribution in [3.05, 3.63) is 83.2 Å². The number of carboxylic acids is 1. The van der Waals surface area contributed by atoms with Gasteiger partial charge in [0, 0.05) is 17.2 Å². The van der Waals surface area contributed by atoms with Crippen molar-refractivity contribution in [2.45, 2.75) is 40.0 Å². The summed E-state index contributed by atoms with van der Waals surface area (Å²) in [6, 6.07) is 9.87. The Kier molecular flexibility index (Phi) is 8.88. The second-order valence-corrected chi connectivity index (χ2v) is 7.71. The minimum atomic E-state index is -2.64. The number of alkyl halides is 2. The van der Waals surface area contributed by atoms with Gasteiger partial charge in [-0.1, -0.05) is 50.3 Å². The van der Waals surface area contributed by atoms with E-state index < -0.39 is 19.0 Å². The third-order valence-electron chi connectivity index (χ3n) is 4.76. The molecule has 0 aliphatic carbocycles. The van der Waals surface area contributed by atoms with Crippen molar-refractivity contribution in [3.8, 4) is 16.9 Å². The number of carboxylic acid groups (broad SMARTS) is 1. The maximum absolute atomic E-state index is 14.5. The van der Waals surface area contributed by atoms with Crippen LogP contribution in [-0.2, 0) is 4.79 Å². The Bertz CT molecular complexity index is 1050. The lowest BCUT2D eigenvalue weighted by Gasteiger charge is -2.21. The van der Waals surface area contributed by atoms with Gasteiger partial charge in [0.1, 0.15) is 18.2 Å². The Labute approximate surface area is 186 Å². The summed E-state index contributed by atoms with van der Waals surface area (Å²) in [6.07, 6.45) is 3.47. The summed E-state index contributed by atoms with van der Waals surface area (Å²) in [5.41, 5.74) is 3.52. The largest absolute Gasteiger partial charge is 0.487 e. The lowest BCUT2D eigenvalue weighted by atomic mass is 9.90. The lowest BCUT2D eigenvalue weighted by Crippen LogP contribution is -2.11. The molecule has 32 heavy (non-hydrogen) atoms. The van der Waals surface area contributed by atoms with E-state index in [1.807, 2.05) is 13.8 Å². The Balaban J connectivity index is 2.65. The van der Waals surface area contributed by atoms with Gasteiger partial charge in [0.15, 0.2) is 0 Å². The number of rotatable bonds is 9. The fourth-order valence-corrected chi connectivity index (χ4v) is 3.21. The number of carbonyl (C=O) groups is 1. The van der Waals surface area contributed by atoms with Crippen LogP contribution < -0.4 is 4.74 Å². The van der Waals surface area contributed by atoms with Gasteiger partial charge in [-0.15, -0.1) is 0 Å². The van der Waals surface area contributed by atoms with Crippen LogP contribution >= 0.6 is 0 Å². The zero-order valence-corrected chi connectivity index (χ0v) is 18.5. The molecule has 0 amide bonds. The van der Waals surface area contributed by atoms with Crippen LogP contribution in [0.25, 0.3) is 16.7 Å². The summed E-state index contributed by atoms with van der Waals surface area (Å²) in [5.74, 6) is -1.15. The zero-order valence-electron chi connectivity index (χ0n) is 18.5. The Morgan fingerprint density at radius 1 is 1.16 bits per heavy atom. The van der Waals surface area contributed by atoms with Crippen LogP contribution in [0.5, 0.6) is 5.75 Å². The zero-order chi connectivity index (χ0) is 23.8. The molecule has 0 saturated heterocycles. The quantitative estimate of drug-likeness (QED) is 0.327. The third kappa shape index (κ3) is 6.87. The van der Waals surface area contributed by atoms with E-state index in [2.05, 4.69) is 0 Å². The first kappa shape index (κ1) is 25.0. The number of allylic oxidation sites excluding steroid dienone is 5. The highest BCUT2D eigenvalue weighted by Gasteiger charge is 2.19. The summed E-state index contributed by atoms with van der Waals surface area (Å²) in [5, 5.41) is 8.82. The molecule has 0 aromatic heterocycles. The summed E-state index contributed by atoms with van der Waals surface area (Å²) in [6.45, 7) is 6.52. The van der Waals surface area contributed by atoms with Crippen molar-refractivity contribution < 1.29 is 27.8 Å². The van der Waals surface area contributed by atoms with Crippen molar-refractivity contribution in [2.24, 2.45) is 0 Å². The van der Waals surface area contributed by atoms with Crippen molar-refractivity contribution in [1.82, 2.24) is 0 Å². The topological polar surface area (TPSA) is 46.5 Å².